The molecule has 3 heterocycles. The molecule has 55 heavy (non-hydrogen) atoms. The molecule has 0 unspecified atom stereocenters. The molecule has 10 rings (SSSR count). The van der Waals surface area contributed by atoms with Gasteiger partial charge < -0.3 is 0 Å². The van der Waals surface area contributed by atoms with Gasteiger partial charge in [-0.3, -0.25) is 0 Å². The Morgan fingerprint density at radius 2 is 0.873 bits per heavy atom. The monoisotopic (exact) mass is 719 g/mol. The highest BCUT2D eigenvalue weighted by molar-refractivity contribution is 7.24. The van der Waals surface area contributed by atoms with Gasteiger partial charge in [-0.2, -0.15) is 0 Å². The number of nitrogens with zero attached hydrogens (tertiary/aromatic N) is 3. The molecule has 0 fully saturated rings. The quantitative estimate of drug-likeness (QED) is 0.165. The fourth-order valence-corrected chi connectivity index (χ4v) is 8.78. The van der Waals surface area contributed by atoms with Crippen molar-refractivity contribution in [2.24, 2.45) is 0 Å². The van der Waals surface area contributed by atoms with Crippen LogP contribution in [0.3, 0.4) is 0 Å². The summed E-state index contributed by atoms with van der Waals surface area (Å²) >= 11 is 1.85. The average molecular weight is 720 g/mol. The number of hydrogen-bond donors (Lipinski definition) is 0. The van der Waals surface area contributed by atoms with E-state index in [2.05, 4.69) is 176 Å². The first-order chi connectivity index (χ1) is 27.3. The van der Waals surface area contributed by atoms with Crippen LogP contribution in [0, 0.1) is 0 Å². The van der Waals surface area contributed by atoms with Crippen LogP contribution < -0.4 is 0 Å². The van der Waals surface area contributed by atoms with Gasteiger partial charge in [0, 0.05) is 48.2 Å². The van der Waals surface area contributed by atoms with Crippen molar-refractivity contribution in [3.05, 3.63) is 200 Å². The number of para-hydroxylation sites is 1. The third-order valence-electron chi connectivity index (χ3n) is 10.1. The molecule has 3 nitrogen and oxygen atoms in total. The Morgan fingerprint density at radius 1 is 0.345 bits per heavy atom. The Labute approximate surface area is 323 Å². The molecule has 3 aromatic heterocycles. The van der Waals surface area contributed by atoms with Crippen molar-refractivity contribution in [3.63, 3.8) is 0 Å². The SMILES string of the molecule is c1ccc(-c2cccc(-c3cc(-c4ccc(-c5sc6c(c(-c7ccccc7)nc7ccccc76)c5-c5ccccc5)cc4)nc(-c4ccccc4)n3)c2)cc1. The molecule has 0 aliphatic heterocycles. The second kappa shape index (κ2) is 14.1. The zero-order chi connectivity index (χ0) is 36.6. The van der Waals surface area contributed by atoms with E-state index in [1.54, 1.807) is 0 Å². The number of pyridine rings is 1. The zero-order valence-corrected chi connectivity index (χ0v) is 30.6. The first kappa shape index (κ1) is 32.6. The minimum atomic E-state index is 0.700. The van der Waals surface area contributed by atoms with Gasteiger partial charge in [0.05, 0.1) is 22.6 Å². The molecule has 0 amide bonds. The predicted molar refractivity (Wildman–Crippen MR) is 231 cm³/mol. The van der Waals surface area contributed by atoms with Gasteiger partial charge in [-0.25, -0.2) is 15.0 Å². The fraction of sp³-hybridized carbons (Fsp3) is 0. The van der Waals surface area contributed by atoms with Crippen LogP contribution in [0.4, 0.5) is 0 Å². The van der Waals surface area contributed by atoms with Crippen LogP contribution in [0.25, 0.3) is 98.8 Å². The summed E-state index contributed by atoms with van der Waals surface area (Å²) < 4.78 is 1.24. The van der Waals surface area contributed by atoms with Gasteiger partial charge >= 0.3 is 0 Å². The van der Waals surface area contributed by atoms with Gasteiger partial charge in [0.1, 0.15) is 0 Å². The Kier molecular flexibility index (Phi) is 8.36. The van der Waals surface area contributed by atoms with Gasteiger partial charge in [0.25, 0.3) is 0 Å². The van der Waals surface area contributed by atoms with E-state index in [9.17, 15) is 0 Å². The highest BCUT2D eigenvalue weighted by Gasteiger charge is 2.22. The van der Waals surface area contributed by atoms with Crippen molar-refractivity contribution >= 4 is 32.3 Å². The molecule has 10 aromatic rings. The molecule has 0 bridgehead atoms. The maximum absolute atomic E-state index is 5.30. The van der Waals surface area contributed by atoms with Crippen LogP contribution in [0.15, 0.2) is 200 Å². The van der Waals surface area contributed by atoms with Crippen molar-refractivity contribution in [2.75, 3.05) is 0 Å². The van der Waals surface area contributed by atoms with Crippen LogP contribution in [0.2, 0.25) is 0 Å². The molecule has 0 spiro atoms. The number of benzene rings is 7. The minimum Gasteiger partial charge on any atom is -0.247 e. The molecule has 0 aliphatic carbocycles. The molecule has 0 aliphatic rings. The lowest BCUT2D eigenvalue weighted by molar-refractivity contribution is 1.18. The molecule has 0 saturated heterocycles. The lowest BCUT2D eigenvalue weighted by atomic mass is 9.94. The van der Waals surface area contributed by atoms with E-state index in [-0.39, 0.29) is 0 Å². The lowest BCUT2D eigenvalue weighted by Crippen LogP contribution is -1.96. The molecular weight excluding hydrogens is 687 g/mol. The lowest BCUT2D eigenvalue weighted by Gasteiger charge is -2.12. The van der Waals surface area contributed by atoms with Crippen molar-refractivity contribution in [3.8, 4) is 77.9 Å². The molecule has 0 N–H and O–H groups in total. The van der Waals surface area contributed by atoms with Crippen molar-refractivity contribution in [1.29, 1.82) is 0 Å². The van der Waals surface area contributed by atoms with Gasteiger partial charge in [-0.05, 0) is 40.5 Å². The standard InChI is InChI=1S/C51H33N3S/c1-5-16-34(17-6-1)40-24-15-25-41(32-40)45-33-44(53-51(54-45)39-22-11-4-12-23-39)35-28-30-38(31-29-35)49-46(36-18-7-2-8-19-36)47-48(37-20-9-3-10-21-37)52-43-27-14-13-26-42(43)50(47)55-49/h1-33H. The van der Waals surface area contributed by atoms with Gasteiger partial charge in [0.15, 0.2) is 5.82 Å². The zero-order valence-electron chi connectivity index (χ0n) is 29.8. The number of thiophene rings is 1. The summed E-state index contributed by atoms with van der Waals surface area (Å²) in [4.78, 5) is 16.8. The van der Waals surface area contributed by atoms with E-state index in [0.717, 1.165) is 56.0 Å². The summed E-state index contributed by atoms with van der Waals surface area (Å²) in [6.45, 7) is 0. The predicted octanol–water partition coefficient (Wildman–Crippen LogP) is 13.9. The molecule has 258 valence electrons. The summed E-state index contributed by atoms with van der Waals surface area (Å²) in [5.74, 6) is 0.700. The first-order valence-electron chi connectivity index (χ1n) is 18.4. The molecule has 0 radical (unpaired) electrons. The second-order valence-corrected chi connectivity index (χ2v) is 14.6. The summed E-state index contributed by atoms with van der Waals surface area (Å²) in [5.41, 5.74) is 13.8. The Bertz CT molecular complexity index is 2940. The summed E-state index contributed by atoms with van der Waals surface area (Å²) in [5, 5.41) is 2.35. The average Bonchev–Trinajstić information content (AvgIpc) is 3.68. The Hall–Kier alpha value is -7.01. The summed E-state index contributed by atoms with van der Waals surface area (Å²) in [6.07, 6.45) is 0. The summed E-state index contributed by atoms with van der Waals surface area (Å²) in [6, 6.07) is 70.1. The highest BCUT2D eigenvalue weighted by Crippen LogP contribution is 2.50. The maximum atomic E-state index is 5.30. The fourth-order valence-electron chi connectivity index (χ4n) is 7.42. The maximum Gasteiger partial charge on any atom is 0.160 e. The van der Waals surface area contributed by atoms with E-state index in [0.29, 0.717) is 5.82 Å². The Balaban J connectivity index is 1.14. The second-order valence-electron chi connectivity index (χ2n) is 13.6. The van der Waals surface area contributed by atoms with Crippen molar-refractivity contribution in [2.45, 2.75) is 0 Å². The van der Waals surface area contributed by atoms with E-state index < -0.39 is 0 Å². The number of fused-ring (bicyclic) bond motifs is 3. The molecule has 4 heteroatoms. The minimum absolute atomic E-state index is 0.700. The molecule has 0 atom stereocenters. The smallest absolute Gasteiger partial charge is 0.160 e. The largest absolute Gasteiger partial charge is 0.247 e. The Morgan fingerprint density at radius 3 is 1.56 bits per heavy atom. The third kappa shape index (κ3) is 6.19. The van der Waals surface area contributed by atoms with E-state index in [4.69, 9.17) is 15.0 Å². The summed E-state index contributed by atoms with van der Waals surface area (Å²) in [7, 11) is 0. The van der Waals surface area contributed by atoms with Crippen LogP contribution in [0.1, 0.15) is 0 Å². The van der Waals surface area contributed by atoms with Crippen molar-refractivity contribution < 1.29 is 0 Å². The van der Waals surface area contributed by atoms with E-state index in [1.165, 1.54) is 37.0 Å². The molecule has 0 saturated carbocycles. The van der Waals surface area contributed by atoms with Crippen LogP contribution in [0.5, 0.6) is 0 Å². The number of rotatable bonds is 7. The van der Waals surface area contributed by atoms with E-state index >= 15 is 0 Å². The normalized spacial score (nSPS) is 11.3. The number of aromatic nitrogens is 3. The van der Waals surface area contributed by atoms with Crippen LogP contribution >= 0.6 is 11.3 Å². The number of hydrogen-bond acceptors (Lipinski definition) is 4. The van der Waals surface area contributed by atoms with Crippen LogP contribution in [-0.2, 0) is 0 Å². The van der Waals surface area contributed by atoms with Gasteiger partial charge in [0.2, 0.25) is 0 Å². The van der Waals surface area contributed by atoms with Crippen molar-refractivity contribution in [1.82, 2.24) is 15.0 Å². The van der Waals surface area contributed by atoms with Gasteiger partial charge in [-0.1, -0.05) is 182 Å². The highest BCUT2D eigenvalue weighted by atomic mass is 32.1. The van der Waals surface area contributed by atoms with Gasteiger partial charge in [-0.15, -0.1) is 11.3 Å². The third-order valence-corrected chi connectivity index (χ3v) is 11.4. The van der Waals surface area contributed by atoms with Crippen LogP contribution in [-0.4, -0.2) is 15.0 Å². The molecule has 7 aromatic carbocycles. The molecular formula is C51H33N3S. The van der Waals surface area contributed by atoms with E-state index in [1.807, 2.05) is 35.6 Å². The first-order valence-corrected chi connectivity index (χ1v) is 19.3. The topological polar surface area (TPSA) is 38.7 Å².